The van der Waals surface area contributed by atoms with Gasteiger partial charge in [-0.2, -0.15) is 0 Å². The Kier molecular flexibility index (Phi) is 5.22. The van der Waals surface area contributed by atoms with Crippen molar-refractivity contribution in [3.05, 3.63) is 0 Å². The first-order valence-corrected chi connectivity index (χ1v) is 7.82. The van der Waals surface area contributed by atoms with Gasteiger partial charge in [-0.1, -0.05) is 6.42 Å². The maximum Gasteiger partial charge on any atom is 0.239 e. The average molecular weight is 268 g/mol. The van der Waals surface area contributed by atoms with E-state index < -0.39 is 0 Å². The molecule has 0 spiro atoms. The molecule has 1 N–H and O–H groups in total. The number of aliphatic hydroxyl groups excluding tert-OH is 1. The van der Waals surface area contributed by atoms with Crippen LogP contribution >= 0.6 is 0 Å². The van der Waals surface area contributed by atoms with E-state index in [0.29, 0.717) is 6.04 Å². The highest BCUT2D eigenvalue weighted by molar-refractivity contribution is 5.81. The van der Waals surface area contributed by atoms with Crippen LogP contribution in [0.15, 0.2) is 0 Å². The molecule has 0 aliphatic carbocycles. The van der Waals surface area contributed by atoms with Crippen molar-refractivity contribution < 1.29 is 9.90 Å². The molecular formula is C15H28N2O2. The number of aliphatic hydroxyl groups is 1. The van der Waals surface area contributed by atoms with E-state index in [2.05, 4.69) is 4.90 Å². The van der Waals surface area contributed by atoms with Crippen LogP contribution < -0.4 is 0 Å². The number of carbonyl (C=O) groups excluding carboxylic acids is 1. The standard InChI is InChI=1S/C15H28N2O2/c1-12(18)11-14-7-3-4-10-17(14)13(2)15(19)16-8-5-6-9-16/h12-14,18H,3-11H2,1-2H3. The minimum absolute atomic E-state index is 0.0258. The predicted octanol–water partition coefficient (Wildman–Crippen LogP) is 1.62. The Hall–Kier alpha value is -0.610. The highest BCUT2D eigenvalue weighted by atomic mass is 16.3. The number of carbonyl (C=O) groups is 1. The predicted molar refractivity (Wildman–Crippen MR) is 75.9 cm³/mol. The van der Waals surface area contributed by atoms with E-state index in [-0.39, 0.29) is 18.1 Å². The van der Waals surface area contributed by atoms with Crippen molar-refractivity contribution in [3.63, 3.8) is 0 Å². The molecule has 2 heterocycles. The van der Waals surface area contributed by atoms with Gasteiger partial charge in [0.2, 0.25) is 5.91 Å². The summed E-state index contributed by atoms with van der Waals surface area (Å²) in [5.41, 5.74) is 0. The van der Waals surface area contributed by atoms with E-state index in [9.17, 15) is 9.90 Å². The highest BCUT2D eigenvalue weighted by Gasteiger charge is 2.33. The number of amides is 1. The van der Waals surface area contributed by atoms with E-state index >= 15 is 0 Å². The lowest BCUT2D eigenvalue weighted by Crippen LogP contribution is -2.52. The molecule has 4 heteroatoms. The Morgan fingerprint density at radius 3 is 2.42 bits per heavy atom. The molecule has 0 radical (unpaired) electrons. The van der Waals surface area contributed by atoms with Crippen LogP contribution in [0.3, 0.4) is 0 Å². The molecule has 19 heavy (non-hydrogen) atoms. The third-order valence-corrected chi connectivity index (χ3v) is 4.56. The number of nitrogens with zero attached hydrogens (tertiary/aromatic N) is 2. The lowest BCUT2D eigenvalue weighted by atomic mass is 9.95. The van der Waals surface area contributed by atoms with Gasteiger partial charge in [0.05, 0.1) is 12.1 Å². The van der Waals surface area contributed by atoms with Crippen molar-refractivity contribution in [2.24, 2.45) is 0 Å². The first-order valence-electron chi connectivity index (χ1n) is 7.82. The van der Waals surface area contributed by atoms with Crippen LogP contribution in [0.5, 0.6) is 0 Å². The fourth-order valence-corrected chi connectivity index (χ4v) is 3.52. The fourth-order valence-electron chi connectivity index (χ4n) is 3.52. The first kappa shape index (κ1) is 14.8. The monoisotopic (exact) mass is 268 g/mol. The van der Waals surface area contributed by atoms with Crippen molar-refractivity contribution in [2.45, 2.75) is 70.6 Å². The van der Waals surface area contributed by atoms with E-state index in [0.717, 1.165) is 45.3 Å². The maximum absolute atomic E-state index is 12.5. The largest absolute Gasteiger partial charge is 0.393 e. The van der Waals surface area contributed by atoms with E-state index in [1.807, 2.05) is 18.7 Å². The molecule has 2 saturated heterocycles. The van der Waals surface area contributed by atoms with Gasteiger partial charge in [-0.05, 0) is 52.5 Å². The molecule has 2 aliphatic heterocycles. The molecule has 0 saturated carbocycles. The van der Waals surface area contributed by atoms with Gasteiger partial charge >= 0.3 is 0 Å². The Bertz CT molecular complexity index is 301. The lowest BCUT2D eigenvalue weighted by molar-refractivity contribution is -0.137. The van der Waals surface area contributed by atoms with Crippen molar-refractivity contribution in [1.82, 2.24) is 9.80 Å². The smallest absolute Gasteiger partial charge is 0.239 e. The Morgan fingerprint density at radius 2 is 1.79 bits per heavy atom. The molecule has 0 aromatic heterocycles. The Morgan fingerprint density at radius 1 is 1.16 bits per heavy atom. The van der Waals surface area contributed by atoms with Gasteiger partial charge < -0.3 is 10.0 Å². The van der Waals surface area contributed by atoms with E-state index in [4.69, 9.17) is 0 Å². The summed E-state index contributed by atoms with van der Waals surface area (Å²) in [6.07, 6.45) is 6.32. The minimum Gasteiger partial charge on any atom is -0.393 e. The maximum atomic E-state index is 12.5. The summed E-state index contributed by atoms with van der Waals surface area (Å²) in [5.74, 6) is 0.287. The fraction of sp³-hybridized carbons (Fsp3) is 0.933. The van der Waals surface area contributed by atoms with Crippen molar-refractivity contribution in [2.75, 3.05) is 19.6 Å². The summed E-state index contributed by atoms with van der Waals surface area (Å²) in [6.45, 7) is 6.75. The summed E-state index contributed by atoms with van der Waals surface area (Å²) in [5, 5.41) is 9.63. The summed E-state index contributed by atoms with van der Waals surface area (Å²) in [4.78, 5) is 16.8. The van der Waals surface area contributed by atoms with Crippen molar-refractivity contribution in [1.29, 1.82) is 0 Å². The molecule has 2 aliphatic rings. The second-order valence-electron chi connectivity index (χ2n) is 6.18. The molecule has 3 atom stereocenters. The molecular weight excluding hydrogens is 240 g/mol. The van der Waals surface area contributed by atoms with Crippen LogP contribution in [0.1, 0.15) is 52.4 Å². The second kappa shape index (κ2) is 6.71. The third-order valence-electron chi connectivity index (χ3n) is 4.56. The SMILES string of the molecule is CC(O)CC1CCCCN1C(C)C(=O)N1CCCC1. The molecule has 0 aromatic carbocycles. The normalized spacial score (nSPS) is 28.4. The summed E-state index contributed by atoms with van der Waals surface area (Å²) in [7, 11) is 0. The first-order chi connectivity index (χ1) is 9.09. The van der Waals surface area contributed by atoms with Gasteiger partial charge in [0.15, 0.2) is 0 Å². The minimum atomic E-state index is -0.278. The van der Waals surface area contributed by atoms with Gasteiger partial charge in [0.25, 0.3) is 0 Å². The number of likely N-dealkylation sites (tertiary alicyclic amines) is 2. The Balaban J connectivity index is 1.97. The number of rotatable bonds is 4. The van der Waals surface area contributed by atoms with Gasteiger partial charge in [-0.25, -0.2) is 0 Å². The molecule has 110 valence electrons. The molecule has 2 rings (SSSR count). The Labute approximate surface area is 116 Å². The zero-order valence-electron chi connectivity index (χ0n) is 12.3. The van der Waals surface area contributed by atoms with Crippen molar-refractivity contribution >= 4 is 5.91 Å². The van der Waals surface area contributed by atoms with Crippen LogP contribution in [0, 0.1) is 0 Å². The lowest BCUT2D eigenvalue weighted by Gasteiger charge is -2.40. The zero-order chi connectivity index (χ0) is 13.8. The molecule has 3 unspecified atom stereocenters. The topological polar surface area (TPSA) is 43.8 Å². The molecule has 0 aromatic rings. The molecule has 4 nitrogen and oxygen atoms in total. The van der Waals surface area contributed by atoms with Crippen LogP contribution in [0.2, 0.25) is 0 Å². The average Bonchev–Trinajstić information content (AvgIpc) is 2.91. The number of hydrogen-bond donors (Lipinski definition) is 1. The third kappa shape index (κ3) is 3.69. The molecule has 2 fully saturated rings. The van der Waals surface area contributed by atoms with Crippen LogP contribution in [-0.4, -0.2) is 58.6 Å². The quantitative estimate of drug-likeness (QED) is 0.842. The number of piperidine rings is 1. The van der Waals surface area contributed by atoms with Crippen molar-refractivity contribution in [3.8, 4) is 0 Å². The van der Waals surface area contributed by atoms with Gasteiger partial charge in [-0.3, -0.25) is 9.69 Å². The molecule has 1 amide bonds. The summed E-state index contributed by atoms with van der Waals surface area (Å²) >= 11 is 0. The summed E-state index contributed by atoms with van der Waals surface area (Å²) in [6, 6.07) is 0.345. The zero-order valence-corrected chi connectivity index (χ0v) is 12.3. The van der Waals surface area contributed by atoms with Gasteiger partial charge in [0.1, 0.15) is 0 Å². The number of hydrogen-bond acceptors (Lipinski definition) is 3. The van der Waals surface area contributed by atoms with Crippen LogP contribution in [-0.2, 0) is 4.79 Å². The van der Waals surface area contributed by atoms with E-state index in [1.54, 1.807) is 0 Å². The van der Waals surface area contributed by atoms with Crippen LogP contribution in [0.4, 0.5) is 0 Å². The van der Waals surface area contributed by atoms with Crippen LogP contribution in [0.25, 0.3) is 0 Å². The highest BCUT2D eigenvalue weighted by Crippen LogP contribution is 2.24. The second-order valence-corrected chi connectivity index (χ2v) is 6.18. The molecule has 0 bridgehead atoms. The van der Waals surface area contributed by atoms with Gasteiger partial charge in [-0.15, -0.1) is 0 Å². The summed E-state index contributed by atoms with van der Waals surface area (Å²) < 4.78 is 0. The van der Waals surface area contributed by atoms with E-state index in [1.165, 1.54) is 12.8 Å². The van der Waals surface area contributed by atoms with Gasteiger partial charge in [0, 0.05) is 19.1 Å².